The molecule has 1 aromatic rings. The highest BCUT2D eigenvalue weighted by atomic mass is 16.5. The number of hydrogen-bond acceptors (Lipinski definition) is 3. The van der Waals surface area contributed by atoms with Gasteiger partial charge in [-0.1, -0.05) is 5.16 Å². The minimum Gasteiger partial charge on any atom is -0.364 e. The molecule has 66 valence electrons. The van der Waals surface area contributed by atoms with E-state index in [1.54, 1.807) is 0 Å². The molecule has 1 aliphatic carbocycles. The van der Waals surface area contributed by atoms with Gasteiger partial charge in [0.15, 0.2) is 0 Å². The fourth-order valence-electron chi connectivity index (χ4n) is 1.43. The van der Waals surface area contributed by atoms with E-state index in [1.165, 1.54) is 18.4 Å². The third-order valence-electron chi connectivity index (χ3n) is 2.30. The monoisotopic (exact) mass is 166 g/mol. The molecule has 0 unspecified atom stereocenters. The van der Waals surface area contributed by atoms with E-state index in [1.807, 2.05) is 13.3 Å². The van der Waals surface area contributed by atoms with Crippen LogP contribution in [0.4, 0.5) is 0 Å². The molecule has 0 radical (unpaired) electrons. The van der Waals surface area contributed by atoms with E-state index in [0.29, 0.717) is 0 Å². The van der Waals surface area contributed by atoms with Crippen LogP contribution in [0.25, 0.3) is 0 Å². The van der Waals surface area contributed by atoms with E-state index >= 15 is 0 Å². The Morgan fingerprint density at radius 1 is 1.67 bits per heavy atom. The molecule has 2 rings (SSSR count). The van der Waals surface area contributed by atoms with E-state index < -0.39 is 0 Å². The van der Waals surface area contributed by atoms with E-state index in [0.717, 1.165) is 24.6 Å². The highest BCUT2D eigenvalue weighted by molar-refractivity contribution is 5.24. The zero-order valence-electron chi connectivity index (χ0n) is 7.34. The van der Waals surface area contributed by atoms with Gasteiger partial charge in [0.2, 0.25) is 0 Å². The summed E-state index contributed by atoms with van der Waals surface area (Å²) in [7, 11) is 1.96. The summed E-state index contributed by atoms with van der Waals surface area (Å²) in [6.07, 6.45) is 5.42. The van der Waals surface area contributed by atoms with E-state index in [-0.39, 0.29) is 0 Å². The van der Waals surface area contributed by atoms with Crippen molar-refractivity contribution in [1.82, 2.24) is 10.5 Å². The van der Waals surface area contributed by atoms with Gasteiger partial charge in [-0.15, -0.1) is 0 Å². The average molecular weight is 166 g/mol. The molecular weight excluding hydrogens is 152 g/mol. The zero-order chi connectivity index (χ0) is 8.39. The molecule has 0 aromatic carbocycles. The van der Waals surface area contributed by atoms with Gasteiger partial charge in [0, 0.05) is 18.5 Å². The molecule has 0 atom stereocenters. The highest BCUT2D eigenvalue weighted by Gasteiger charge is 2.27. The molecular formula is C9H14N2O. The minimum absolute atomic E-state index is 0.753. The van der Waals surface area contributed by atoms with E-state index in [4.69, 9.17) is 4.52 Å². The van der Waals surface area contributed by atoms with Gasteiger partial charge in [-0.3, -0.25) is 0 Å². The van der Waals surface area contributed by atoms with Crippen molar-refractivity contribution in [3.8, 4) is 0 Å². The summed E-state index contributed by atoms with van der Waals surface area (Å²) in [4.78, 5) is 0. The topological polar surface area (TPSA) is 38.1 Å². The summed E-state index contributed by atoms with van der Waals surface area (Å²) >= 11 is 0. The molecule has 1 heterocycles. The molecule has 1 fully saturated rings. The normalized spacial score (nSPS) is 16.8. The van der Waals surface area contributed by atoms with Crippen LogP contribution in [0.5, 0.6) is 0 Å². The van der Waals surface area contributed by atoms with Crippen LogP contribution in [0.1, 0.15) is 30.0 Å². The summed E-state index contributed by atoms with van der Waals surface area (Å²) in [6.45, 7) is 0.978. The molecule has 12 heavy (non-hydrogen) atoms. The second-order valence-corrected chi connectivity index (χ2v) is 3.34. The molecule has 0 amide bonds. The minimum atomic E-state index is 0.753. The lowest BCUT2D eigenvalue weighted by molar-refractivity contribution is 0.410. The largest absolute Gasteiger partial charge is 0.364 e. The fourth-order valence-corrected chi connectivity index (χ4v) is 1.43. The number of likely N-dealkylation sites (N-methyl/N-ethyl adjacent to an activating group) is 1. The zero-order valence-corrected chi connectivity index (χ0v) is 7.34. The third-order valence-corrected chi connectivity index (χ3v) is 2.30. The van der Waals surface area contributed by atoms with Crippen molar-refractivity contribution in [3.63, 3.8) is 0 Å². The number of rotatable bonds is 4. The lowest BCUT2D eigenvalue weighted by Gasteiger charge is -1.97. The SMILES string of the molecule is CNCCc1nocc1C1CC1. The van der Waals surface area contributed by atoms with Crippen molar-refractivity contribution in [3.05, 3.63) is 17.5 Å². The number of aromatic nitrogens is 1. The maximum Gasteiger partial charge on any atom is 0.127 e. The lowest BCUT2D eigenvalue weighted by atomic mass is 10.1. The smallest absolute Gasteiger partial charge is 0.127 e. The summed E-state index contributed by atoms with van der Waals surface area (Å²) in [5.41, 5.74) is 2.48. The van der Waals surface area contributed by atoms with Crippen molar-refractivity contribution in [1.29, 1.82) is 0 Å². The molecule has 3 nitrogen and oxygen atoms in total. The van der Waals surface area contributed by atoms with Crippen molar-refractivity contribution in [2.45, 2.75) is 25.2 Å². The predicted molar refractivity (Wildman–Crippen MR) is 46.1 cm³/mol. The van der Waals surface area contributed by atoms with Crippen LogP contribution < -0.4 is 5.32 Å². The Hall–Kier alpha value is -0.830. The van der Waals surface area contributed by atoms with E-state index in [9.17, 15) is 0 Å². The molecule has 1 N–H and O–H groups in total. The van der Waals surface area contributed by atoms with Crippen LogP contribution in [0.15, 0.2) is 10.8 Å². The van der Waals surface area contributed by atoms with Gasteiger partial charge in [0.05, 0.1) is 5.69 Å². The molecule has 0 bridgehead atoms. The first-order chi connectivity index (χ1) is 5.92. The van der Waals surface area contributed by atoms with E-state index in [2.05, 4.69) is 10.5 Å². The Bertz CT molecular complexity index is 253. The molecule has 1 aromatic heterocycles. The number of nitrogens with zero attached hydrogens (tertiary/aromatic N) is 1. The maximum absolute atomic E-state index is 4.97. The van der Waals surface area contributed by atoms with Crippen molar-refractivity contribution >= 4 is 0 Å². The first-order valence-electron chi connectivity index (χ1n) is 4.49. The Morgan fingerprint density at radius 2 is 2.50 bits per heavy atom. The average Bonchev–Trinajstić information content (AvgIpc) is 2.83. The van der Waals surface area contributed by atoms with Crippen LogP contribution in [0.2, 0.25) is 0 Å². The second kappa shape index (κ2) is 3.27. The van der Waals surface area contributed by atoms with Crippen LogP contribution in [0.3, 0.4) is 0 Å². The summed E-state index contributed by atoms with van der Waals surface area (Å²) < 4.78 is 4.97. The predicted octanol–water partition coefficient (Wildman–Crippen LogP) is 1.31. The Labute approximate surface area is 72.1 Å². The van der Waals surface area contributed by atoms with Gasteiger partial charge >= 0.3 is 0 Å². The van der Waals surface area contributed by atoms with Gasteiger partial charge in [0.1, 0.15) is 6.26 Å². The molecule has 0 saturated heterocycles. The molecule has 0 aliphatic heterocycles. The summed E-state index contributed by atoms with van der Waals surface area (Å²) in [6, 6.07) is 0. The summed E-state index contributed by atoms with van der Waals surface area (Å²) in [5, 5.41) is 7.11. The van der Waals surface area contributed by atoms with Crippen molar-refractivity contribution < 1.29 is 4.52 Å². The Morgan fingerprint density at radius 3 is 3.17 bits per heavy atom. The van der Waals surface area contributed by atoms with Gasteiger partial charge in [0.25, 0.3) is 0 Å². The van der Waals surface area contributed by atoms with Gasteiger partial charge in [-0.25, -0.2) is 0 Å². The van der Waals surface area contributed by atoms with Gasteiger partial charge in [-0.2, -0.15) is 0 Å². The Kier molecular flexibility index (Phi) is 2.13. The van der Waals surface area contributed by atoms with Gasteiger partial charge < -0.3 is 9.84 Å². The van der Waals surface area contributed by atoms with Crippen LogP contribution in [-0.4, -0.2) is 18.7 Å². The maximum atomic E-state index is 4.97. The van der Waals surface area contributed by atoms with Crippen LogP contribution >= 0.6 is 0 Å². The highest BCUT2D eigenvalue weighted by Crippen LogP contribution is 2.41. The standard InChI is InChI=1S/C9H14N2O/c1-10-5-4-9-8(6-12-11-9)7-2-3-7/h6-7,10H,2-5H2,1H3. The third kappa shape index (κ3) is 1.50. The first-order valence-corrected chi connectivity index (χ1v) is 4.49. The molecule has 0 spiro atoms. The number of nitrogens with one attached hydrogen (secondary N) is 1. The van der Waals surface area contributed by atoms with Gasteiger partial charge in [-0.05, 0) is 25.8 Å². The lowest BCUT2D eigenvalue weighted by Crippen LogP contribution is -2.11. The quantitative estimate of drug-likeness (QED) is 0.733. The summed E-state index contributed by atoms with van der Waals surface area (Å²) in [5.74, 6) is 0.753. The molecule has 3 heteroatoms. The fraction of sp³-hybridized carbons (Fsp3) is 0.667. The van der Waals surface area contributed by atoms with Crippen LogP contribution in [-0.2, 0) is 6.42 Å². The van der Waals surface area contributed by atoms with Crippen LogP contribution in [0, 0.1) is 0 Å². The second-order valence-electron chi connectivity index (χ2n) is 3.34. The van der Waals surface area contributed by atoms with Crippen molar-refractivity contribution in [2.75, 3.05) is 13.6 Å². The Balaban J connectivity index is 2.03. The first kappa shape index (κ1) is 7.80. The van der Waals surface area contributed by atoms with Crippen molar-refractivity contribution in [2.24, 2.45) is 0 Å². The molecule has 1 saturated carbocycles. The number of hydrogen-bond donors (Lipinski definition) is 1. The molecule has 1 aliphatic rings.